The molecule has 3 aliphatic rings. The third-order valence-corrected chi connectivity index (χ3v) is 8.95. The van der Waals surface area contributed by atoms with Gasteiger partial charge in [0.05, 0.1) is 0 Å². The van der Waals surface area contributed by atoms with Crippen molar-refractivity contribution >= 4 is 29.5 Å². The Morgan fingerprint density at radius 2 is 1.57 bits per heavy atom. The van der Waals surface area contributed by atoms with Gasteiger partial charge in [0.15, 0.2) is 0 Å². The Hall–Kier alpha value is -2.69. The minimum absolute atomic E-state index is 0.128. The summed E-state index contributed by atoms with van der Waals surface area (Å²) < 4.78 is 0. The van der Waals surface area contributed by atoms with Gasteiger partial charge in [0.1, 0.15) is 24.2 Å². The lowest BCUT2D eigenvalue weighted by Gasteiger charge is -2.40. The summed E-state index contributed by atoms with van der Waals surface area (Å²) >= 11 is 0. The topological polar surface area (TPSA) is 157 Å². The molecule has 0 aromatic carbocycles. The summed E-state index contributed by atoms with van der Waals surface area (Å²) in [6, 6.07) is -3.10. The average molecular weight is 564 g/mol. The fourth-order valence-electron chi connectivity index (χ4n) is 6.25. The lowest BCUT2D eigenvalue weighted by atomic mass is 9.84. The predicted octanol–water partition coefficient (Wildman–Crippen LogP) is 2.31. The maximum atomic E-state index is 13.8. The molecule has 0 spiro atoms. The molecule has 0 radical (unpaired) electrons. The lowest BCUT2D eigenvalue weighted by Crippen LogP contribution is -2.64. The standard InChI is InChI=1S/C29H49N5O6/c1-3-19(2)25-29(39)34-17-11-10-15-23(34)28(38)30-21(14-8-5-9-16-24(35)33-40)26(36)31-22(27(37)32-25)18-20-12-6-4-7-13-20/h19-23,25,40H,3-18H2,1-2H3,(H,30,38)(H,31,36)(H,32,37)(H,33,35)/t19?,21-,22+,23-,25-/m0/s1. The Kier molecular flexibility index (Phi) is 12.7. The number of fused-ring (bicyclic) bond motifs is 1. The average Bonchev–Trinajstić information content (AvgIpc) is 2.97. The van der Waals surface area contributed by atoms with Crippen molar-refractivity contribution in [3.63, 3.8) is 0 Å². The zero-order chi connectivity index (χ0) is 29.1. The molecule has 40 heavy (non-hydrogen) atoms. The van der Waals surface area contributed by atoms with Gasteiger partial charge in [-0.3, -0.25) is 29.2 Å². The third-order valence-electron chi connectivity index (χ3n) is 8.95. The lowest BCUT2D eigenvalue weighted by molar-refractivity contribution is -0.148. The molecule has 0 aromatic rings. The van der Waals surface area contributed by atoms with Crippen LogP contribution in [0.2, 0.25) is 0 Å². The van der Waals surface area contributed by atoms with Gasteiger partial charge in [-0.2, -0.15) is 0 Å². The fraction of sp³-hybridized carbons (Fsp3) is 0.828. The Morgan fingerprint density at radius 3 is 2.27 bits per heavy atom. The zero-order valence-corrected chi connectivity index (χ0v) is 24.2. The summed E-state index contributed by atoms with van der Waals surface area (Å²) in [6.45, 7) is 4.35. The van der Waals surface area contributed by atoms with Gasteiger partial charge in [0, 0.05) is 13.0 Å². The first-order valence-electron chi connectivity index (χ1n) is 15.4. The second-order valence-corrected chi connectivity index (χ2v) is 11.9. The minimum atomic E-state index is -0.857. The highest BCUT2D eigenvalue weighted by Crippen LogP contribution is 2.28. The van der Waals surface area contributed by atoms with Crippen LogP contribution in [0.1, 0.15) is 110 Å². The highest BCUT2D eigenvalue weighted by atomic mass is 16.5. The van der Waals surface area contributed by atoms with Gasteiger partial charge in [0.2, 0.25) is 29.5 Å². The molecule has 5 atom stereocenters. The van der Waals surface area contributed by atoms with Gasteiger partial charge >= 0.3 is 0 Å². The summed E-state index contributed by atoms with van der Waals surface area (Å²) in [5.74, 6) is -1.59. The normalized spacial score (nSPS) is 27.8. The molecule has 2 saturated heterocycles. The van der Waals surface area contributed by atoms with Gasteiger partial charge < -0.3 is 20.9 Å². The van der Waals surface area contributed by atoms with Crippen molar-refractivity contribution in [2.24, 2.45) is 11.8 Å². The molecule has 3 fully saturated rings. The molecule has 5 N–H and O–H groups in total. The Bertz CT molecular complexity index is 892. The van der Waals surface area contributed by atoms with Crippen LogP contribution in [0.25, 0.3) is 0 Å². The fourth-order valence-corrected chi connectivity index (χ4v) is 6.25. The number of carbonyl (C=O) groups excluding carboxylic acids is 5. The highest BCUT2D eigenvalue weighted by molar-refractivity contribution is 5.97. The number of unbranched alkanes of at least 4 members (excludes halogenated alkanes) is 2. The number of hydroxylamine groups is 1. The van der Waals surface area contributed by atoms with E-state index in [1.807, 2.05) is 13.8 Å². The zero-order valence-electron chi connectivity index (χ0n) is 24.2. The number of carbonyl (C=O) groups is 5. The molecule has 3 rings (SSSR count). The molecule has 226 valence electrons. The summed E-state index contributed by atoms with van der Waals surface area (Å²) in [4.78, 5) is 67.6. The molecule has 0 bridgehead atoms. The molecule has 2 heterocycles. The first kappa shape index (κ1) is 31.8. The number of hydrogen-bond acceptors (Lipinski definition) is 6. The smallest absolute Gasteiger partial charge is 0.246 e. The molecule has 1 unspecified atom stereocenters. The van der Waals surface area contributed by atoms with Crippen molar-refractivity contribution in [3.05, 3.63) is 0 Å². The monoisotopic (exact) mass is 563 g/mol. The van der Waals surface area contributed by atoms with E-state index in [9.17, 15) is 24.0 Å². The Balaban J connectivity index is 1.85. The molecular weight excluding hydrogens is 514 g/mol. The highest BCUT2D eigenvalue weighted by Gasteiger charge is 2.41. The van der Waals surface area contributed by atoms with Crippen LogP contribution < -0.4 is 21.4 Å². The second kappa shape index (κ2) is 15.9. The first-order chi connectivity index (χ1) is 19.2. The Labute approximate surface area is 237 Å². The van der Waals surface area contributed by atoms with Crippen molar-refractivity contribution in [1.82, 2.24) is 26.3 Å². The summed E-state index contributed by atoms with van der Waals surface area (Å²) in [6.07, 6.45) is 10.9. The van der Waals surface area contributed by atoms with E-state index in [1.54, 1.807) is 10.4 Å². The van der Waals surface area contributed by atoms with Crippen LogP contribution in [-0.4, -0.2) is 70.4 Å². The van der Waals surface area contributed by atoms with Gasteiger partial charge in [-0.05, 0) is 50.4 Å². The largest absolute Gasteiger partial charge is 0.343 e. The van der Waals surface area contributed by atoms with Crippen LogP contribution in [0.3, 0.4) is 0 Å². The molecule has 2 aliphatic heterocycles. The summed E-state index contributed by atoms with van der Waals surface area (Å²) in [5, 5.41) is 17.6. The number of piperidine rings is 1. The molecule has 11 nitrogen and oxygen atoms in total. The van der Waals surface area contributed by atoms with Gasteiger partial charge in [-0.15, -0.1) is 0 Å². The van der Waals surface area contributed by atoms with Crippen molar-refractivity contribution in [2.45, 2.75) is 134 Å². The quantitative estimate of drug-likeness (QED) is 0.156. The van der Waals surface area contributed by atoms with E-state index in [4.69, 9.17) is 5.21 Å². The van der Waals surface area contributed by atoms with Crippen LogP contribution in [0.5, 0.6) is 0 Å². The molecule has 5 amide bonds. The van der Waals surface area contributed by atoms with Crippen LogP contribution in [0, 0.1) is 11.8 Å². The SMILES string of the molecule is CCC(C)[C@@H]1NC(=O)[C@@H](CC2CCCCC2)NC(=O)[C@H](CCCCCC(=O)NO)NC(=O)[C@@H]2CCCCN2C1=O. The molecule has 1 saturated carbocycles. The van der Waals surface area contributed by atoms with E-state index in [-0.39, 0.29) is 30.1 Å². The van der Waals surface area contributed by atoms with Crippen LogP contribution in [0.4, 0.5) is 0 Å². The Morgan fingerprint density at radius 1 is 0.900 bits per heavy atom. The predicted molar refractivity (Wildman–Crippen MR) is 149 cm³/mol. The van der Waals surface area contributed by atoms with E-state index in [2.05, 4.69) is 16.0 Å². The second-order valence-electron chi connectivity index (χ2n) is 11.9. The maximum absolute atomic E-state index is 13.8. The van der Waals surface area contributed by atoms with E-state index in [0.29, 0.717) is 57.4 Å². The third kappa shape index (κ3) is 8.91. The van der Waals surface area contributed by atoms with E-state index in [0.717, 1.165) is 38.5 Å². The molecule has 11 heteroatoms. The molecule has 1 aliphatic carbocycles. The molecular formula is C29H49N5O6. The number of rotatable bonds is 10. The minimum Gasteiger partial charge on any atom is -0.343 e. The number of hydrogen-bond donors (Lipinski definition) is 5. The number of amides is 5. The number of nitrogens with zero attached hydrogens (tertiary/aromatic N) is 1. The summed E-state index contributed by atoms with van der Waals surface area (Å²) in [7, 11) is 0. The first-order valence-corrected chi connectivity index (χ1v) is 15.4. The van der Waals surface area contributed by atoms with Crippen LogP contribution >= 0.6 is 0 Å². The van der Waals surface area contributed by atoms with Gasteiger partial charge in [-0.1, -0.05) is 65.2 Å². The summed E-state index contributed by atoms with van der Waals surface area (Å²) in [5.41, 5.74) is 1.61. The van der Waals surface area contributed by atoms with E-state index < -0.39 is 36.0 Å². The van der Waals surface area contributed by atoms with Crippen LogP contribution in [-0.2, 0) is 24.0 Å². The van der Waals surface area contributed by atoms with Crippen molar-refractivity contribution in [2.75, 3.05) is 6.54 Å². The molecule has 0 aromatic heterocycles. The van der Waals surface area contributed by atoms with E-state index >= 15 is 0 Å². The van der Waals surface area contributed by atoms with Crippen molar-refractivity contribution < 1.29 is 29.2 Å². The van der Waals surface area contributed by atoms with Crippen LogP contribution in [0.15, 0.2) is 0 Å². The number of nitrogens with one attached hydrogen (secondary N) is 4. The van der Waals surface area contributed by atoms with Gasteiger partial charge in [0.25, 0.3) is 0 Å². The van der Waals surface area contributed by atoms with Gasteiger partial charge in [-0.25, -0.2) is 5.48 Å². The van der Waals surface area contributed by atoms with Crippen molar-refractivity contribution in [1.29, 1.82) is 0 Å². The van der Waals surface area contributed by atoms with E-state index in [1.165, 1.54) is 6.42 Å². The maximum Gasteiger partial charge on any atom is 0.246 e. The van der Waals surface area contributed by atoms with Crippen molar-refractivity contribution in [3.8, 4) is 0 Å².